The van der Waals surface area contributed by atoms with Gasteiger partial charge in [0.15, 0.2) is 5.65 Å². The van der Waals surface area contributed by atoms with Crippen molar-refractivity contribution in [3.8, 4) is 11.3 Å². The molecule has 1 amide bonds. The van der Waals surface area contributed by atoms with Gasteiger partial charge in [-0.1, -0.05) is 42.5 Å². The molecule has 0 unspecified atom stereocenters. The molecular weight excluding hydrogens is 433 g/mol. The van der Waals surface area contributed by atoms with Crippen molar-refractivity contribution in [2.24, 2.45) is 0 Å². The fourth-order valence-corrected chi connectivity index (χ4v) is 4.16. The maximum Gasteiger partial charge on any atom is 0.252 e. The summed E-state index contributed by atoms with van der Waals surface area (Å²) in [7, 11) is 0. The van der Waals surface area contributed by atoms with E-state index in [0.717, 1.165) is 44.0 Å². The number of rotatable bonds is 7. The summed E-state index contributed by atoms with van der Waals surface area (Å²) < 4.78 is 20.8. The molecule has 2 aromatic carbocycles. The molecule has 0 atom stereocenters. The van der Waals surface area contributed by atoms with Gasteiger partial charge in [0.25, 0.3) is 5.91 Å². The van der Waals surface area contributed by atoms with Crippen LogP contribution in [-0.4, -0.2) is 65.0 Å². The first kappa shape index (κ1) is 22.2. The average Bonchev–Trinajstić information content (AvgIpc) is 3.27. The van der Waals surface area contributed by atoms with E-state index in [1.807, 2.05) is 42.5 Å². The lowest BCUT2D eigenvalue weighted by molar-refractivity contribution is 0.0383. The van der Waals surface area contributed by atoms with Crippen molar-refractivity contribution in [1.29, 1.82) is 0 Å². The van der Waals surface area contributed by atoms with E-state index in [1.165, 1.54) is 12.1 Å². The minimum absolute atomic E-state index is 0.164. The zero-order chi connectivity index (χ0) is 23.3. The number of morpholine rings is 1. The Morgan fingerprint density at radius 1 is 1.06 bits per heavy atom. The number of nitrogens with zero attached hydrogens (tertiary/aromatic N) is 4. The van der Waals surface area contributed by atoms with E-state index in [2.05, 4.69) is 15.3 Å². The number of pyridine rings is 1. The van der Waals surface area contributed by atoms with E-state index in [1.54, 1.807) is 16.9 Å². The van der Waals surface area contributed by atoms with Gasteiger partial charge in [-0.15, -0.1) is 0 Å². The topological polar surface area (TPSA) is 72.3 Å². The smallest absolute Gasteiger partial charge is 0.252 e. The molecule has 1 aliphatic rings. The number of amides is 1. The number of carbonyl (C=O) groups is 1. The van der Waals surface area contributed by atoms with E-state index >= 15 is 0 Å². The van der Waals surface area contributed by atoms with Gasteiger partial charge in [0, 0.05) is 31.7 Å². The Bertz CT molecular complexity index is 1290. The van der Waals surface area contributed by atoms with Crippen molar-refractivity contribution in [1.82, 2.24) is 25.0 Å². The zero-order valence-electron chi connectivity index (χ0n) is 18.8. The van der Waals surface area contributed by atoms with Crippen LogP contribution in [0.1, 0.15) is 15.9 Å². The Labute approximate surface area is 197 Å². The fraction of sp³-hybridized carbons (Fsp3) is 0.269. The van der Waals surface area contributed by atoms with Gasteiger partial charge in [0.05, 0.1) is 42.6 Å². The number of fused-ring (bicyclic) bond motifs is 1. The first-order valence-electron chi connectivity index (χ1n) is 11.4. The molecule has 0 radical (unpaired) electrons. The number of aromatic nitrogens is 3. The Balaban J connectivity index is 1.45. The molecule has 0 spiro atoms. The Morgan fingerprint density at radius 2 is 1.88 bits per heavy atom. The average molecular weight is 460 g/mol. The number of nitrogens with one attached hydrogen (secondary N) is 1. The van der Waals surface area contributed by atoms with Crippen LogP contribution < -0.4 is 5.32 Å². The lowest BCUT2D eigenvalue weighted by Crippen LogP contribution is -2.41. The third-order valence-corrected chi connectivity index (χ3v) is 5.96. The van der Waals surface area contributed by atoms with Gasteiger partial charge < -0.3 is 10.1 Å². The van der Waals surface area contributed by atoms with E-state index < -0.39 is 0 Å². The molecule has 34 heavy (non-hydrogen) atoms. The van der Waals surface area contributed by atoms with E-state index in [-0.39, 0.29) is 11.7 Å². The maximum absolute atomic E-state index is 13.7. The largest absolute Gasteiger partial charge is 0.379 e. The Kier molecular flexibility index (Phi) is 6.60. The molecule has 0 saturated carbocycles. The molecule has 1 N–H and O–H groups in total. The molecule has 1 saturated heterocycles. The molecule has 2 aromatic heterocycles. The summed E-state index contributed by atoms with van der Waals surface area (Å²) in [6.07, 6.45) is 1.66. The lowest BCUT2D eigenvalue weighted by Gasteiger charge is -2.26. The van der Waals surface area contributed by atoms with Gasteiger partial charge in [-0.3, -0.25) is 9.69 Å². The van der Waals surface area contributed by atoms with Crippen LogP contribution in [0.2, 0.25) is 0 Å². The van der Waals surface area contributed by atoms with E-state index in [9.17, 15) is 9.18 Å². The summed E-state index contributed by atoms with van der Waals surface area (Å²) in [6, 6.07) is 18.0. The molecule has 4 aromatic rings. The number of hydrogen-bond acceptors (Lipinski definition) is 5. The second-order valence-corrected chi connectivity index (χ2v) is 8.30. The second kappa shape index (κ2) is 10.1. The normalized spacial score (nSPS) is 14.4. The Hall–Kier alpha value is -3.62. The molecule has 174 valence electrons. The summed E-state index contributed by atoms with van der Waals surface area (Å²) in [5, 5.41) is 8.20. The van der Waals surface area contributed by atoms with Gasteiger partial charge in [-0.2, -0.15) is 5.10 Å². The first-order chi connectivity index (χ1) is 16.7. The second-order valence-electron chi connectivity index (χ2n) is 8.30. The summed E-state index contributed by atoms with van der Waals surface area (Å²) in [4.78, 5) is 20.3. The number of benzene rings is 2. The van der Waals surface area contributed by atoms with Crippen LogP contribution >= 0.6 is 0 Å². The third-order valence-electron chi connectivity index (χ3n) is 5.96. The molecule has 5 rings (SSSR count). The van der Waals surface area contributed by atoms with Gasteiger partial charge in [0.1, 0.15) is 5.82 Å². The van der Waals surface area contributed by atoms with Crippen molar-refractivity contribution in [2.45, 2.75) is 6.54 Å². The molecular formula is C26H26FN5O2. The van der Waals surface area contributed by atoms with Gasteiger partial charge in [0.2, 0.25) is 0 Å². The summed E-state index contributed by atoms with van der Waals surface area (Å²) in [6.45, 7) is 4.87. The standard InChI is InChI=1S/C26H26FN5O2/c27-21-8-4-5-19(15-21)18-32-25-23(17-29-32)22(16-24(30-25)20-6-2-1-3-7-20)26(33)28-9-10-31-11-13-34-14-12-31/h1-8,15-17H,9-14,18H2,(H,28,33). The Morgan fingerprint density at radius 3 is 2.68 bits per heavy atom. The predicted molar refractivity (Wildman–Crippen MR) is 128 cm³/mol. The minimum atomic E-state index is -0.299. The summed E-state index contributed by atoms with van der Waals surface area (Å²) >= 11 is 0. The van der Waals surface area contributed by atoms with Crippen LogP contribution in [0.15, 0.2) is 66.9 Å². The van der Waals surface area contributed by atoms with Crippen LogP contribution in [0.4, 0.5) is 4.39 Å². The molecule has 0 aliphatic carbocycles. The van der Waals surface area contributed by atoms with Crippen LogP contribution in [0, 0.1) is 5.82 Å². The van der Waals surface area contributed by atoms with Crippen molar-refractivity contribution in [2.75, 3.05) is 39.4 Å². The number of halogens is 1. The van der Waals surface area contributed by atoms with E-state index in [4.69, 9.17) is 9.72 Å². The zero-order valence-corrected chi connectivity index (χ0v) is 18.8. The van der Waals surface area contributed by atoms with Crippen molar-refractivity contribution in [3.05, 3.63) is 83.8 Å². The highest BCUT2D eigenvalue weighted by atomic mass is 19.1. The molecule has 3 heterocycles. The SMILES string of the molecule is O=C(NCCN1CCOCC1)c1cc(-c2ccccc2)nc2c1cnn2Cc1cccc(F)c1. The minimum Gasteiger partial charge on any atom is -0.379 e. The molecule has 1 fully saturated rings. The lowest BCUT2D eigenvalue weighted by atomic mass is 10.1. The van der Waals surface area contributed by atoms with Gasteiger partial charge >= 0.3 is 0 Å². The number of carbonyl (C=O) groups excluding carboxylic acids is 1. The van der Waals surface area contributed by atoms with Crippen molar-refractivity contribution >= 4 is 16.9 Å². The maximum atomic E-state index is 13.7. The number of hydrogen-bond donors (Lipinski definition) is 1. The van der Waals surface area contributed by atoms with Gasteiger partial charge in [-0.25, -0.2) is 14.1 Å². The summed E-state index contributed by atoms with van der Waals surface area (Å²) in [5.41, 5.74) is 3.48. The quantitative estimate of drug-likeness (QED) is 0.459. The molecule has 1 aliphatic heterocycles. The van der Waals surface area contributed by atoms with E-state index in [0.29, 0.717) is 35.4 Å². The highest BCUT2D eigenvalue weighted by Gasteiger charge is 2.18. The van der Waals surface area contributed by atoms with Crippen LogP contribution in [0.3, 0.4) is 0 Å². The first-order valence-corrected chi connectivity index (χ1v) is 11.4. The monoisotopic (exact) mass is 459 g/mol. The predicted octanol–water partition coefficient (Wildman–Crippen LogP) is 3.35. The highest BCUT2D eigenvalue weighted by molar-refractivity contribution is 6.06. The third kappa shape index (κ3) is 4.98. The molecule has 8 heteroatoms. The van der Waals surface area contributed by atoms with Crippen molar-refractivity contribution < 1.29 is 13.9 Å². The van der Waals surface area contributed by atoms with Crippen molar-refractivity contribution in [3.63, 3.8) is 0 Å². The number of ether oxygens (including phenoxy) is 1. The van der Waals surface area contributed by atoms with Crippen LogP contribution in [0.25, 0.3) is 22.3 Å². The van der Waals surface area contributed by atoms with Crippen LogP contribution in [-0.2, 0) is 11.3 Å². The fourth-order valence-electron chi connectivity index (χ4n) is 4.16. The van der Waals surface area contributed by atoms with Gasteiger partial charge in [-0.05, 0) is 23.8 Å². The molecule has 0 bridgehead atoms. The van der Waals surface area contributed by atoms with Crippen LogP contribution in [0.5, 0.6) is 0 Å². The highest BCUT2D eigenvalue weighted by Crippen LogP contribution is 2.25. The summed E-state index contributed by atoms with van der Waals surface area (Å²) in [5.74, 6) is -0.463. The molecule has 7 nitrogen and oxygen atoms in total.